The van der Waals surface area contributed by atoms with E-state index >= 15 is 0 Å². The number of anilines is 1. The van der Waals surface area contributed by atoms with Crippen LogP contribution in [0.4, 0.5) is 5.82 Å². The van der Waals surface area contributed by atoms with Gasteiger partial charge in [0.05, 0.1) is 5.69 Å². The van der Waals surface area contributed by atoms with Crippen LogP contribution in [0.15, 0.2) is 0 Å². The number of hydrogen-bond donors (Lipinski definition) is 1. The average Bonchev–Trinajstić information content (AvgIpc) is 3.03. The topological polar surface area (TPSA) is 36.3 Å². The van der Waals surface area contributed by atoms with Gasteiger partial charge in [0.25, 0.3) is 0 Å². The zero-order chi connectivity index (χ0) is 15.4. The summed E-state index contributed by atoms with van der Waals surface area (Å²) < 4.78 is 2.06. The largest absolute Gasteiger partial charge is 0.355 e. The fourth-order valence-electron chi connectivity index (χ4n) is 3.51. The van der Waals surface area contributed by atoms with Crippen molar-refractivity contribution in [2.45, 2.75) is 46.7 Å². The molecule has 21 heavy (non-hydrogen) atoms. The molecule has 0 amide bonds. The summed E-state index contributed by atoms with van der Waals surface area (Å²) in [6.45, 7) is 15.2. The molecule has 1 N–H and O–H groups in total. The Balaban J connectivity index is 2.15. The molecule has 0 saturated carbocycles. The Morgan fingerprint density at radius 2 is 2.00 bits per heavy atom. The fourth-order valence-corrected chi connectivity index (χ4v) is 3.51. The SMILES string of the molecule is CCNCc1c(C)nn(C)c1N1CCC(N(CC)CC)C1. The van der Waals surface area contributed by atoms with Crippen molar-refractivity contribution in [3.63, 3.8) is 0 Å². The molecule has 0 bridgehead atoms. The predicted molar refractivity (Wildman–Crippen MR) is 88.9 cm³/mol. The van der Waals surface area contributed by atoms with E-state index in [1.54, 1.807) is 0 Å². The summed E-state index contributed by atoms with van der Waals surface area (Å²) in [5.41, 5.74) is 2.51. The summed E-state index contributed by atoms with van der Waals surface area (Å²) >= 11 is 0. The zero-order valence-electron chi connectivity index (χ0n) is 14.3. The number of aromatic nitrogens is 2. The Kier molecular flexibility index (Phi) is 5.65. The highest BCUT2D eigenvalue weighted by molar-refractivity contribution is 5.51. The molecule has 2 rings (SSSR count). The first-order chi connectivity index (χ1) is 10.1. The Morgan fingerprint density at radius 1 is 1.29 bits per heavy atom. The number of aryl methyl sites for hydroxylation is 2. The molecule has 0 radical (unpaired) electrons. The van der Waals surface area contributed by atoms with Crippen molar-refractivity contribution in [3.05, 3.63) is 11.3 Å². The monoisotopic (exact) mass is 293 g/mol. The van der Waals surface area contributed by atoms with Crippen LogP contribution in [0.2, 0.25) is 0 Å². The molecule has 1 atom stereocenters. The van der Waals surface area contributed by atoms with Gasteiger partial charge in [-0.05, 0) is 33.0 Å². The van der Waals surface area contributed by atoms with Crippen LogP contribution in [-0.4, -0.2) is 53.4 Å². The molecule has 1 aliphatic heterocycles. The number of hydrogen-bond acceptors (Lipinski definition) is 4. The lowest BCUT2D eigenvalue weighted by molar-refractivity contribution is 0.232. The third kappa shape index (κ3) is 3.40. The first-order valence-electron chi connectivity index (χ1n) is 8.34. The number of nitrogens with one attached hydrogen (secondary N) is 1. The van der Waals surface area contributed by atoms with Gasteiger partial charge in [-0.3, -0.25) is 9.58 Å². The average molecular weight is 293 g/mol. The first-order valence-corrected chi connectivity index (χ1v) is 8.34. The highest BCUT2D eigenvalue weighted by atomic mass is 15.4. The van der Waals surface area contributed by atoms with Crippen LogP contribution in [0.3, 0.4) is 0 Å². The molecule has 1 aromatic heterocycles. The molecular weight excluding hydrogens is 262 g/mol. The van der Waals surface area contributed by atoms with E-state index in [4.69, 9.17) is 0 Å². The van der Waals surface area contributed by atoms with Crippen LogP contribution in [0.1, 0.15) is 38.4 Å². The van der Waals surface area contributed by atoms with Gasteiger partial charge in [-0.2, -0.15) is 5.10 Å². The molecule has 5 nitrogen and oxygen atoms in total. The van der Waals surface area contributed by atoms with Crippen molar-refractivity contribution in [1.82, 2.24) is 20.0 Å². The summed E-state index contributed by atoms with van der Waals surface area (Å²) in [7, 11) is 2.07. The third-order valence-electron chi connectivity index (χ3n) is 4.66. The smallest absolute Gasteiger partial charge is 0.131 e. The second-order valence-corrected chi connectivity index (χ2v) is 5.90. The van der Waals surface area contributed by atoms with Crippen molar-refractivity contribution < 1.29 is 0 Å². The van der Waals surface area contributed by atoms with Gasteiger partial charge < -0.3 is 10.2 Å². The predicted octanol–water partition coefficient (Wildman–Crippen LogP) is 1.76. The quantitative estimate of drug-likeness (QED) is 0.831. The van der Waals surface area contributed by atoms with Crippen molar-refractivity contribution in [2.24, 2.45) is 7.05 Å². The Labute approximate surface area is 129 Å². The lowest BCUT2D eigenvalue weighted by Crippen LogP contribution is -2.37. The molecular formula is C16H31N5. The van der Waals surface area contributed by atoms with Crippen LogP contribution in [-0.2, 0) is 13.6 Å². The highest BCUT2D eigenvalue weighted by Gasteiger charge is 2.29. The normalized spacial score (nSPS) is 19.0. The van der Waals surface area contributed by atoms with Crippen LogP contribution < -0.4 is 10.2 Å². The van der Waals surface area contributed by atoms with Crippen molar-refractivity contribution in [1.29, 1.82) is 0 Å². The molecule has 1 aliphatic rings. The van der Waals surface area contributed by atoms with Crippen LogP contribution in [0.25, 0.3) is 0 Å². The number of rotatable bonds is 7. The van der Waals surface area contributed by atoms with Crippen molar-refractivity contribution in [3.8, 4) is 0 Å². The number of nitrogens with zero attached hydrogens (tertiary/aromatic N) is 4. The van der Waals surface area contributed by atoms with E-state index in [0.29, 0.717) is 6.04 Å². The molecule has 1 unspecified atom stereocenters. The van der Waals surface area contributed by atoms with E-state index in [-0.39, 0.29) is 0 Å². The van der Waals surface area contributed by atoms with Gasteiger partial charge in [0.2, 0.25) is 0 Å². The zero-order valence-corrected chi connectivity index (χ0v) is 14.3. The minimum atomic E-state index is 0.683. The van der Waals surface area contributed by atoms with Crippen molar-refractivity contribution in [2.75, 3.05) is 37.6 Å². The summed E-state index contributed by atoms with van der Waals surface area (Å²) in [6, 6.07) is 0.683. The summed E-state index contributed by atoms with van der Waals surface area (Å²) in [6.07, 6.45) is 1.26. The van der Waals surface area contributed by atoms with Gasteiger partial charge in [-0.1, -0.05) is 20.8 Å². The summed E-state index contributed by atoms with van der Waals surface area (Å²) in [4.78, 5) is 5.10. The van der Waals surface area contributed by atoms with Crippen LogP contribution >= 0.6 is 0 Å². The molecule has 0 spiro atoms. The summed E-state index contributed by atoms with van der Waals surface area (Å²) in [5, 5.41) is 8.09. The Bertz CT molecular complexity index is 450. The molecule has 5 heteroatoms. The van der Waals surface area contributed by atoms with Crippen LogP contribution in [0, 0.1) is 6.92 Å². The van der Waals surface area contributed by atoms with Gasteiger partial charge >= 0.3 is 0 Å². The van der Waals surface area contributed by atoms with Crippen LogP contribution in [0.5, 0.6) is 0 Å². The highest BCUT2D eigenvalue weighted by Crippen LogP contribution is 2.28. The lowest BCUT2D eigenvalue weighted by Gasteiger charge is -2.27. The second kappa shape index (κ2) is 7.27. The fraction of sp³-hybridized carbons (Fsp3) is 0.812. The maximum Gasteiger partial charge on any atom is 0.131 e. The standard InChI is InChI=1S/C16H31N5/c1-6-17-11-15-13(4)18-19(5)16(15)21-10-9-14(12-21)20(7-2)8-3/h14,17H,6-12H2,1-5H3. The van der Waals surface area contributed by atoms with Gasteiger partial charge in [-0.25, -0.2) is 0 Å². The van der Waals surface area contributed by atoms with E-state index in [0.717, 1.165) is 45.0 Å². The molecule has 0 aromatic carbocycles. The summed E-state index contributed by atoms with van der Waals surface area (Å²) in [5.74, 6) is 1.31. The van der Waals surface area contributed by atoms with E-state index < -0.39 is 0 Å². The van der Waals surface area contributed by atoms with E-state index in [1.807, 2.05) is 0 Å². The van der Waals surface area contributed by atoms with Crippen molar-refractivity contribution >= 4 is 5.82 Å². The minimum Gasteiger partial charge on any atom is -0.355 e. The molecule has 120 valence electrons. The minimum absolute atomic E-state index is 0.683. The van der Waals surface area contributed by atoms with E-state index in [1.165, 1.54) is 17.8 Å². The Morgan fingerprint density at radius 3 is 2.62 bits per heavy atom. The van der Waals surface area contributed by atoms with Gasteiger partial charge in [-0.15, -0.1) is 0 Å². The maximum absolute atomic E-state index is 4.64. The molecule has 0 aliphatic carbocycles. The van der Waals surface area contributed by atoms with Gasteiger partial charge in [0.15, 0.2) is 0 Å². The second-order valence-electron chi connectivity index (χ2n) is 5.90. The molecule has 1 aromatic rings. The molecule has 1 fully saturated rings. The molecule has 2 heterocycles. The third-order valence-corrected chi connectivity index (χ3v) is 4.66. The van der Waals surface area contributed by atoms with Gasteiger partial charge in [0.1, 0.15) is 5.82 Å². The lowest BCUT2D eigenvalue weighted by atomic mass is 10.2. The first kappa shape index (κ1) is 16.3. The molecule has 1 saturated heterocycles. The van der Waals surface area contributed by atoms with Gasteiger partial charge in [0, 0.05) is 38.3 Å². The maximum atomic E-state index is 4.64. The van der Waals surface area contributed by atoms with E-state index in [2.05, 4.69) is 59.6 Å². The number of likely N-dealkylation sites (N-methyl/N-ethyl adjacent to an activating group) is 1. The Hall–Kier alpha value is -1.07. The van der Waals surface area contributed by atoms with E-state index in [9.17, 15) is 0 Å².